The van der Waals surface area contributed by atoms with Gasteiger partial charge in [0.15, 0.2) is 0 Å². The van der Waals surface area contributed by atoms with Crippen LogP contribution in [0.25, 0.3) is 11.1 Å². The number of aryl methyl sites for hydroxylation is 1. The second kappa shape index (κ2) is 22.1. The molecule has 5 aromatic rings. The van der Waals surface area contributed by atoms with Gasteiger partial charge >= 0.3 is 0 Å². The molecule has 0 spiro atoms. The number of alkyl halides is 1. The first kappa shape index (κ1) is 50.4. The van der Waals surface area contributed by atoms with Gasteiger partial charge in [-0.1, -0.05) is 35.5 Å². The van der Waals surface area contributed by atoms with Gasteiger partial charge in [-0.3, -0.25) is 32.5 Å². The van der Waals surface area contributed by atoms with Gasteiger partial charge in [-0.15, -0.1) is 5.10 Å². The van der Waals surface area contributed by atoms with E-state index in [0.29, 0.717) is 40.2 Å². The highest BCUT2D eigenvalue weighted by Gasteiger charge is 2.37. The summed E-state index contributed by atoms with van der Waals surface area (Å²) in [5, 5.41) is 21.9. The molecule has 0 aliphatic carbocycles. The molecule has 5 rings (SSSR count). The maximum atomic E-state index is 13.1. The van der Waals surface area contributed by atoms with Crippen LogP contribution in [0.15, 0.2) is 77.7 Å². The lowest BCUT2D eigenvalue weighted by Gasteiger charge is -2.21. The van der Waals surface area contributed by atoms with E-state index in [1.165, 1.54) is 18.5 Å². The van der Waals surface area contributed by atoms with E-state index in [-0.39, 0.29) is 43.2 Å². The van der Waals surface area contributed by atoms with Crippen molar-refractivity contribution in [2.45, 2.75) is 63.8 Å². The van der Waals surface area contributed by atoms with E-state index in [9.17, 15) is 53.4 Å². The molecule has 2 aromatic heterocycles. The van der Waals surface area contributed by atoms with Crippen molar-refractivity contribution in [3.8, 4) is 34.4 Å². The minimum absolute atomic E-state index is 0.0709. The van der Waals surface area contributed by atoms with Gasteiger partial charge in [-0.25, -0.2) is 0 Å². The van der Waals surface area contributed by atoms with Gasteiger partial charge in [0.2, 0.25) is 10.5 Å². The molecular weight excluding hydrogens is 982 g/mol. The number of rotatable bonds is 23. The number of hydrogen-bond acceptors (Lipinski definition) is 15. The molecule has 0 aliphatic heterocycles. The molecule has 2 heterocycles. The van der Waals surface area contributed by atoms with E-state index < -0.39 is 65.9 Å². The van der Waals surface area contributed by atoms with Crippen LogP contribution in [0.4, 0.5) is 4.39 Å². The maximum Gasteiger partial charge on any atom is 0.286 e. The highest BCUT2D eigenvalue weighted by Crippen LogP contribution is 2.37. The van der Waals surface area contributed by atoms with Crippen molar-refractivity contribution in [3.63, 3.8) is 0 Å². The second-order valence-corrected chi connectivity index (χ2v) is 20.2. The van der Waals surface area contributed by atoms with Crippen molar-refractivity contribution in [2.75, 3.05) is 19.0 Å². The summed E-state index contributed by atoms with van der Waals surface area (Å²) in [4.78, 5) is 17.1. The number of ether oxygens (including phenoxy) is 3. The molecule has 0 saturated heterocycles. The van der Waals surface area contributed by atoms with Gasteiger partial charge < -0.3 is 24.8 Å². The van der Waals surface area contributed by atoms with Crippen molar-refractivity contribution in [2.24, 2.45) is 0 Å². The summed E-state index contributed by atoms with van der Waals surface area (Å²) in [6.45, 7) is 2.22. The highest BCUT2D eigenvalue weighted by molar-refractivity contribution is 9.10. The van der Waals surface area contributed by atoms with Gasteiger partial charge in [0.1, 0.15) is 54.9 Å². The Labute approximate surface area is 382 Å². The number of halogens is 2. The lowest BCUT2D eigenvalue weighted by molar-refractivity contribution is -0.122. The monoisotopic (exact) mass is 1020 g/mol. The molecule has 1 amide bonds. The van der Waals surface area contributed by atoms with E-state index in [1.807, 2.05) is 61.6 Å². The van der Waals surface area contributed by atoms with Crippen LogP contribution in [0.2, 0.25) is 0 Å². The van der Waals surface area contributed by atoms with E-state index in [2.05, 4.69) is 36.5 Å². The SMILES string of the molecule is Cc1c(COc2cc(OCc3cncc(C#N)c3)c(CN[C@H](CS(=O)(=O)O)C(=O)NCC(S(=O)(=O)O)S(=O)(=O)O)cc2Br)cccc1-c1cccc(OCc2cn(CCCF)nn2)c1C. The van der Waals surface area contributed by atoms with E-state index in [4.69, 9.17) is 14.2 Å². The third-order valence-corrected chi connectivity index (χ3v) is 14.2. The number of pyridine rings is 1. The zero-order valence-corrected chi connectivity index (χ0v) is 38.6. The van der Waals surface area contributed by atoms with Gasteiger partial charge in [0.05, 0.1) is 35.2 Å². The maximum absolute atomic E-state index is 13.1. The van der Waals surface area contributed by atoms with Crippen LogP contribution in [0.5, 0.6) is 17.2 Å². The van der Waals surface area contributed by atoms with Gasteiger partial charge in [-0.2, -0.15) is 30.5 Å². The first-order valence-electron chi connectivity index (χ1n) is 19.2. The molecular formula is C40H43BrFN7O13S3. The molecule has 0 fully saturated rings. The van der Waals surface area contributed by atoms with Gasteiger partial charge in [-0.05, 0) is 82.2 Å². The number of nitriles is 1. The fourth-order valence-corrected chi connectivity index (χ4v) is 9.34. The number of aromatic nitrogens is 4. The van der Waals surface area contributed by atoms with Crippen LogP contribution < -0.4 is 24.8 Å². The molecule has 0 bridgehead atoms. The number of nitrogens with one attached hydrogen (secondary N) is 2. The van der Waals surface area contributed by atoms with Crippen molar-refractivity contribution < 1.29 is 62.3 Å². The van der Waals surface area contributed by atoms with Crippen LogP contribution in [-0.4, -0.2) is 94.4 Å². The first-order valence-corrected chi connectivity index (χ1v) is 24.6. The van der Waals surface area contributed by atoms with Crippen LogP contribution in [-0.2, 0) is 68.1 Å². The van der Waals surface area contributed by atoms with Crippen LogP contribution in [0, 0.1) is 25.2 Å². The molecule has 3 aromatic carbocycles. The third-order valence-electron chi connectivity index (χ3n) is 9.66. The quantitative estimate of drug-likeness (QED) is 0.0571. The minimum atomic E-state index is -5.45. The molecule has 0 radical (unpaired) electrons. The lowest BCUT2D eigenvalue weighted by atomic mass is 9.93. The number of benzene rings is 3. The summed E-state index contributed by atoms with van der Waals surface area (Å²) in [5.74, 6) is -1.52. The van der Waals surface area contributed by atoms with Crippen molar-refractivity contribution in [1.29, 1.82) is 5.26 Å². The van der Waals surface area contributed by atoms with Crippen molar-refractivity contribution in [3.05, 3.63) is 117 Å². The standard InChI is InChI=1S/C40H43BrFN7O13S3/c1-25-29(6-3-7-32(25)33-8-4-9-36(26(33)2)62-23-31-20-49(48-47-31)11-5-10-42)22-61-38-14-37(60-21-28-12-27(15-43)16-44-17-28)30(13-34(38)41)18-45-35(24-63(51,52)53)40(50)46-19-39(64(54,55)56)65(57,58)59/h3-4,6-9,12-14,16-17,20,35,39,45H,5,10-11,18-19,21-24H2,1-2H3,(H,46,50)(H,51,52,53)(H,54,55,56)(H,57,58,59)/t35-/m1/s1. The summed E-state index contributed by atoms with van der Waals surface area (Å²) >= 11 is 3.49. The van der Waals surface area contributed by atoms with Crippen LogP contribution in [0.1, 0.15) is 45.5 Å². The predicted molar refractivity (Wildman–Crippen MR) is 235 cm³/mol. The molecule has 20 nitrogen and oxygen atoms in total. The molecule has 65 heavy (non-hydrogen) atoms. The molecule has 348 valence electrons. The van der Waals surface area contributed by atoms with E-state index in [0.717, 1.165) is 27.8 Å². The topological polar surface area (TPSA) is 299 Å². The second-order valence-electron chi connectivity index (χ2n) is 14.4. The van der Waals surface area contributed by atoms with Gasteiger partial charge in [0.25, 0.3) is 30.4 Å². The summed E-state index contributed by atoms with van der Waals surface area (Å²) in [7, 11) is -15.8. The summed E-state index contributed by atoms with van der Waals surface area (Å²) < 4.78 is 128. The third kappa shape index (κ3) is 14.5. The Morgan fingerprint density at radius 1 is 0.877 bits per heavy atom. The summed E-state index contributed by atoms with van der Waals surface area (Å²) in [6.07, 6.45) is 4.88. The fourth-order valence-electron chi connectivity index (χ4n) is 6.33. The van der Waals surface area contributed by atoms with Crippen molar-refractivity contribution >= 4 is 52.2 Å². The lowest BCUT2D eigenvalue weighted by Crippen LogP contribution is -2.51. The zero-order valence-electron chi connectivity index (χ0n) is 34.6. The Kier molecular flexibility index (Phi) is 17.1. The largest absolute Gasteiger partial charge is 0.488 e. The Hall–Kier alpha value is -5.59. The Morgan fingerprint density at radius 3 is 2.23 bits per heavy atom. The van der Waals surface area contributed by atoms with E-state index in [1.54, 1.807) is 23.0 Å². The van der Waals surface area contributed by atoms with Crippen molar-refractivity contribution in [1.82, 2.24) is 30.6 Å². The number of hydrogen-bond donors (Lipinski definition) is 5. The molecule has 0 unspecified atom stereocenters. The van der Waals surface area contributed by atoms with Crippen LogP contribution in [0.3, 0.4) is 0 Å². The Bertz CT molecular complexity index is 2870. The number of amides is 1. The van der Waals surface area contributed by atoms with E-state index >= 15 is 0 Å². The summed E-state index contributed by atoms with van der Waals surface area (Å²) in [6, 6.07) is 16.2. The summed E-state index contributed by atoms with van der Waals surface area (Å²) in [5.41, 5.74) is 6.07. The molecule has 25 heteroatoms. The first-order chi connectivity index (χ1) is 30.7. The molecule has 1 atom stereocenters. The Morgan fingerprint density at radius 2 is 1.55 bits per heavy atom. The minimum Gasteiger partial charge on any atom is -0.488 e. The smallest absolute Gasteiger partial charge is 0.286 e. The van der Waals surface area contributed by atoms with Crippen LogP contribution >= 0.6 is 15.9 Å². The average molecular weight is 1020 g/mol. The number of nitrogens with zero attached hydrogens (tertiary/aromatic N) is 5. The Balaban J connectivity index is 1.38. The molecule has 0 aliphatic rings. The fraction of sp³-hybridized carbons (Fsp3) is 0.325. The molecule has 5 N–H and O–H groups in total. The zero-order chi connectivity index (χ0) is 47.5. The van der Waals surface area contributed by atoms with Gasteiger partial charge in [0, 0.05) is 42.7 Å². The number of carbonyl (C=O) groups is 1. The average Bonchev–Trinajstić information content (AvgIpc) is 3.70. The number of carbonyl (C=O) groups excluding carboxylic acids is 1. The highest BCUT2D eigenvalue weighted by atomic mass is 79.9. The predicted octanol–water partition coefficient (Wildman–Crippen LogP) is 4.25. The molecule has 0 saturated carbocycles. The normalized spacial score (nSPS) is 12.4.